The van der Waals surface area contributed by atoms with E-state index in [0.717, 1.165) is 29.8 Å². The fourth-order valence-electron chi connectivity index (χ4n) is 2.38. The topological polar surface area (TPSA) is 81.2 Å². The Morgan fingerprint density at radius 1 is 1.48 bits per heavy atom. The van der Waals surface area contributed by atoms with Crippen LogP contribution in [0.5, 0.6) is 0 Å². The lowest BCUT2D eigenvalue weighted by atomic mass is 10.0. The van der Waals surface area contributed by atoms with E-state index >= 15 is 0 Å². The zero-order valence-corrected chi connectivity index (χ0v) is 12.4. The average molecular weight is 287 g/mol. The fraction of sp³-hybridized carbons (Fsp3) is 0.500. The van der Waals surface area contributed by atoms with Crippen molar-refractivity contribution in [2.75, 3.05) is 5.32 Å². The van der Waals surface area contributed by atoms with E-state index in [2.05, 4.69) is 10.3 Å². The van der Waals surface area contributed by atoms with Gasteiger partial charge in [-0.2, -0.15) is 0 Å². The number of rotatable bonds is 5. The van der Waals surface area contributed by atoms with Crippen LogP contribution in [-0.2, 0) is 4.79 Å². The number of nitrogens with one attached hydrogen (secondary N) is 1. The van der Waals surface area contributed by atoms with E-state index in [1.165, 1.54) is 0 Å². The minimum atomic E-state index is -0.486. The van der Waals surface area contributed by atoms with E-state index in [4.69, 9.17) is 10.2 Å². The number of benzene rings is 1. The van der Waals surface area contributed by atoms with Gasteiger partial charge in [-0.25, -0.2) is 4.98 Å². The van der Waals surface area contributed by atoms with Crippen LogP contribution in [0.15, 0.2) is 22.6 Å². The summed E-state index contributed by atoms with van der Waals surface area (Å²) in [5.41, 5.74) is 8.14. The summed E-state index contributed by atoms with van der Waals surface area (Å²) in [6.07, 6.45) is 2.98. The molecule has 5 nitrogen and oxygen atoms in total. The molecular weight excluding hydrogens is 266 g/mol. The van der Waals surface area contributed by atoms with Gasteiger partial charge in [0.15, 0.2) is 11.5 Å². The lowest BCUT2D eigenvalue weighted by molar-refractivity contribution is -0.117. The van der Waals surface area contributed by atoms with E-state index < -0.39 is 6.04 Å². The average Bonchev–Trinajstić information content (AvgIpc) is 3.18. The molecule has 3 rings (SSSR count). The van der Waals surface area contributed by atoms with Crippen LogP contribution in [0.3, 0.4) is 0 Å². The molecule has 1 fully saturated rings. The number of hydrogen-bond donors (Lipinski definition) is 2. The Kier molecular flexibility index (Phi) is 3.68. The highest BCUT2D eigenvalue weighted by molar-refractivity contribution is 5.96. The van der Waals surface area contributed by atoms with E-state index in [1.54, 1.807) is 0 Å². The molecule has 1 aromatic carbocycles. The Hall–Kier alpha value is -1.88. The lowest BCUT2D eigenvalue weighted by Crippen LogP contribution is -2.36. The molecule has 112 valence electrons. The van der Waals surface area contributed by atoms with Gasteiger partial charge in [-0.3, -0.25) is 4.79 Å². The number of hydrogen-bond acceptors (Lipinski definition) is 4. The molecule has 1 aliphatic rings. The van der Waals surface area contributed by atoms with Gasteiger partial charge in [-0.05, 0) is 43.4 Å². The summed E-state index contributed by atoms with van der Waals surface area (Å²) in [7, 11) is 0. The standard InChI is InChI=1S/C16H21N3O2/c1-9(2)7-12(17)15(20)18-11-5-6-14-13(8-11)19-16(21-14)10-3-4-10/h5-6,8-10,12H,3-4,7,17H2,1-2H3,(H,18,20)/t12-/m0/s1. The minimum Gasteiger partial charge on any atom is -0.440 e. The molecule has 0 saturated heterocycles. The van der Waals surface area contributed by atoms with Gasteiger partial charge in [0.2, 0.25) is 5.91 Å². The summed E-state index contributed by atoms with van der Waals surface area (Å²) < 4.78 is 5.70. The molecule has 1 aliphatic carbocycles. The van der Waals surface area contributed by atoms with E-state index in [1.807, 2.05) is 32.0 Å². The van der Waals surface area contributed by atoms with Crippen molar-refractivity contribution in [3.63, 3.8) is 0 Å². The quantitative estimate of drug-likeness (QED) is 0.885. The summed E-state index contributed by atoms with van der Waals surface area (Å²) >= 11 is 0. The Bertz CT molecular complexity index is 659. The highest BCUT2D eigenvalue weighted by Gasteiger charge is 2.28. The molecule has 0 radical (unpaired) electrons. The molecule has 1 atom stereocenters. The predicted octanol–water partition coefficient (Wildman–Crippen LogP) is 3.02. The SMILES string of the molecule is CC(C)C[C@H](N)C(=O)Nc1ccc2oc(C3CC3)nc2c1. The largest absolute Gasteiger partial charge is 0.440 e. The van der Waals surface area contributed by atoms with Crippen molar-refractivity contribution in [2.45, 2.75) is 45.1 Å². The third kappa shape index (κ3) is 3.24. The zero-order chi connectivity index (χ0) is 15.0. The van der Waals surface area contributed by atoms with Crippen molar-refractivity contribution in [1.29, 1.82) is 0 Å². The zero-order valence-electron chi connectivity index (χ0n) is 12.4. The molecular formula is C16H21N3O2. The smallest absolute Gasteiger partial charge is 0.241 e. The molecule has 1 aromatic heterocycles. The van der Waals surface area contributed by atoms with Crippen LogP contribution >= 0.6 is 0 Å². The normalized spacial score (nSPS) is 16.4. The maximum Gasteiger partial charge on any atom is 0.241 e. The van der Waals surface area contributed by atoms with Crippen molar-refractivity contribution < 1.29 is 9.21 Å². The second-order valence-corrected chi connectivity index (χ2v) is 6.23. The number of anilines is 1. The van der Waals surface area contributed by atoms with E-state index in [9.17, 15) is 4.79 Å². The minimum absolute atomic E-state index is 0.158. The number of carbonyl (C=O) groups is 1. The van der Waals surface area contributed by atoms with Crippen LogP contribution in [0.2, 0.25) is 0 Å². The molecule has 1 heterocycles. The second-order valence-electron chi connectivity index (χ2n) is 6.23. The first kappa shape index (κ1) is 14.1. The molecule has 0 bridgehead atoms. The highest BCUT2D eigenvalue weighted by Crippen LogP contribution is 2.40. The fourth-order valence-corrected chi connectivity index (χ4v) is 2.38. The molecule has 3 N–H and O–H groups in total. The summed E-state index contributed by atoms with van der Waals surface area (Å²) in [6, 6.07) is 5.02. The first-order chi connectivity index (χ1) is 10.0. The van der Waals surface area contributed by atoms with Gasteiger partial charge in [0.25, 0.3) is 0 Å². The highest BCUT2D eigenvalue weighted by atomic mass is 16.3. The van der Waals surface area contributed by atoms with Gasteiger partial charge < -0.3 is 15.5 Å². The number of nitrogens with two attached hydrogens (primary N) is 1. The first-order valence-electron chi connectivity index (χ1n) is 7.50. The van der Waals surface area contributed by atoms with Crippen LogP contribution in [-0.4, -0.2) is 16.9 Å². The van der Waals surface area contributed by atoms with Crippen LogP contribution in [0.25, 0.3) is 11.1 Å². The first-order valence-corrected chi connectivity index (χ1v) is 7.50. The predicted molar refractivity (Wildman–Crippen MR) is 82.0 cm³/mol. The summed E-state index contributed by atoms with van der Waals surface area (Å²) in [4.78, 5) is 16.5. The summed E-state index contributed by atoms with van der Waals surface area (Å²) in [5, 5.41) is 2.85. The Labute approximate surface area is 123 Å². The maximum atomic E-state index is 12.0. The van der Waals surface area contributed by atoms with Crippen molar-refractivity contribution >= 4 is 22.7 Å². The number of aromatic nitrogens is 1. The number of oxazole rings is 1. The molecule has 0 aliphatic heterocycles. The molecule has 5 heteroatoms. The van der Waals surface area contributed by atoms with Gasteiger partial charge in [-0.1, -0.05) is 13.8 Å². The number of nitrogens with zero attached hydrogens (tertiary/aromatic N) is 1. The molecule has 21 heavy (non-hydrogen) atoms. The van der Waals surface area contributed by atoms with Gasteiger partial charge in [0, 0.05) is 11.6 Å². The number of fused-ring (bicyclic) bond motifs is 1. The Balaban J connectivity index is 1.73. The van der Waals surface area contributed by atoms with Crippen molar-refractivity contribution in [3.05, 3.63) is 24.1 Å². The number of amides is 1. The lowest BCUT2D eigenvalue weighted by Gasteiger charge is -2.14. The molecule has 1 amide bonds. The maximum absolute atomic E-state index is 12.0. The summed E-state index contributed by atoms with van der Waals surface area (Å²) in [6.45, 7) is 4.10. The Morgan fingerprint density at radius 3 is 2.90 bits per heavy atom. The molecule has 0 unspecified atom stereocenters. The van der Waals surface area contributed by atoms with Crippen molar-refractivity contribution in [1.82, 2.24) is 4.98 Å². The van der Waals surface area contributed by atoms with Crippen LogP contribution in [0, 0.1) is 5.92 Å². The molecule has 2 aromatic rings. The molecule has 0 spiro atoms. The van der Waals surface area contributed by atoms with Gasteiger partial charge in [-0.15, -0.1) is 0 Å². The third-order valence-corrected chi connectivity index (χ3v) is 3.66. The van der Waals surface area contributed by atoms with Gasteiger partial charge in [0.1, 0.15) is 5.52 Å². The van der Waals surface area contributed by atoms with E-state index in [-0.39, 0.29) is 5.91 Å². The van der Waals surface area contributed by atoms with Crippen molar-refractivity contribution in [3.8, 4) is 0 Å². The monoisotopic (exact) mass is 287 g/mol. The number of carbonyl (C=O) groups excluding carboxylic acids is 1. The van der Waals surface area contributed by atoms with Gasteiger partial charge in [0.05, 0.1) is 6.04 Å². The van der Waals surface area contributed by atoms with Crippen LogP contribution < -0.4 is 11.1 Å². The van der Waals surface area contributed by atoms with E-state index in [0.29, 0.717) is 23.9 Å². The third-order valence-electron chi connectivity index (χ3n) is 3.66. The van der Waals surface area contributed by atoms with Gasteiger partial charge >= 0.3 is 0 Å². The van der Waals surface area contributed by atoms with Crippen LogP contribution in [0.4, 0.5) is 5.69 Å². The molecule has 1 saturated carbocycles. The second kappa shape index (κ2) is 5.48. The summed E-state index contributed by atoms with van der Waals surface area (Å²) in [5.74, 6) is 1.53. The Morgan fingerprint density at radius 2 is 2.24 bits per heavy atom. The van der Waals surface area contributed by atoms with Crippen molar-refractivity contribution in [2.24, 2.45) is 11.7 Å². The van der Waals surface area contributed by atoms with Crippen LogP contribution in [0.1, 0.15) is 44.9 Å².